The predicted octanol–water partition coefficient (Wildman–Crippen LogP) is 5.21. The highest BCUT2D eigenvalue weighted by molar-refractivity contribution is 5.83. The van der Waals surface area contributed by atoms with E-state index >= 15 is 0 Å². The molecule has 0 N–H and O–H groups in total. The largest absolute Gasteiger partial charge is 0.300 e. The van der Waals surface area contributed by atoms with Crippen molar-refractivity contribution in [2.45, 2.75) is 32.6 Å². The first kappa shape index (κ1) is 24.2. The number of aromatic nitrogens is 5. The summed E-state index contributed by atoms with van der Waals surface area (Å²) in [6, 6.07) is 16.8. The Labute approximate surface area is 211 Å². The Kier molecular flexibility index (Phi) is 6.68. The fraction of sp³-hybridized carbons (Fsp3) is 0.179. The Morgan fingerprint density at radius 3 is 2.24 bits per heavy atom. The predicted molar refractivity (Wildman–Crippen MR) is 136 cm³/mol. The van der Waals surface area contributed by atoms with Gasteiger partial charge in [-0.15, -0.1) is 5.10 Å². The zero-order chi connectivity index (χ0) is 25.9. The van der Waals surface area contributed by atoms with Crippen molar-refractivity contribution in [3.05, 3.63) is 101 Å². The number of benzene rings is 3. The monoisotopic (exact) mass is 499 g/mol. The van der Waals surface area contributed by atoms with E-state index in [2.05, 4.69) is 10.3 Å². The van der Waals surface area contributed by atoms with Crippen molar-refractivity contribution in [1.29, 1.82) is 0 Å². The fourth-order valence-electron chi connectivity index (χ4n) is 4.19. The van der Waals surface area contributed by atoms with E-state index in [9.17, 15) is 18.4 Å². The van der Waals surface area contributed by atoms with Crippen molar-refractivity contribution in [3.8, 4) is 22.6 Å². The Balaban J connectivity index is 1.55. The third-order valence-electron chi connectivity index (χ3n) is 6.08. The topological polar surface area (TPSA) is 82.7 Å². The first-order valence-corrected chi connectivity index (χ1v) is 11.9. The average molecular weight is 500 g/mol. The second-order valence-corrected chi connectivity index (χ2v) is 8.81. The van der Waals surface area contributed by atoms with Crippen LogP contribution in [-0.2, 0) is 11.2 Å². The van der Waals surface area contributed by atoms with E-state index in [0.717, 1.165) is 5.56 Å². The summed E-state index contributed by atoms with van der Waals surface area (Å²) < 4.78 is 29.9. The highest BCUT2D eigenvalue weighted by Crippen LogP contribution is 2.23. The second kappa shape index (κ2) is 10.2. The summed E-state index contributed by atoms with van der Waals surface area (Å²) in [5.74, 6) is -0.0968. The van der Waals surface area contributed by atoms with E-state index in [0.29, 0.717) is 59.5 Å². The van der Waals surface area contributed by atoms with Crippen LogP contribution in [0.1, 0.15) is 32.0 Å². The summed E-state index contributed by atoms with van der Waals surface area (Å²) in [5.41, 5.74) is 2.70. The van der Waals surface area contributed by atoms with Crippen LogP contribution >= 0.6 is 0 Å². The molecule has 0 saturated carbocycles. The van der Waals surface area contributed by atoms with Crippen molar-refractivity contribution in [3.63, 3.8) is 0 Å². The molecule has 0 aliphatic heterocycles. The molecule has 5 rings (SSSR count). The molecule has 0 radical (unpaired) electrons. The van der Waals surface area contributed by atoms with Crippen LogP contribution in [0, 0.1) is 11.6 Å². The number of ketones is 1. The Morgan fingerprint density at radius 1 is 0.892 bits per heavy atom. The van der Waals surface area contributed by atoms with Gasteiger partial charge < -0.3 is 4.79 Å². The first-order valence-electron chi connectivity index (χ1n) is 11.9. The molecule has 0 unspecified atom stereocenters. The van der Waals surface area contributed by atoms with E-state index in [4.69, 9.17) is 4.98 Å². The molecule has 3 aromatic carbocycles. The van der Waals surface area contributed by atoms with Gasteiger partial charge in [-0.25, -0.2) is 18.4 Å². The van der Waals surface area contributed by atoms with Crippen LogP contribution in [0.15, 0.2) is 77.7 Å². The number of carbonyl (C=O) groups excluding carboxylic acids is 1. The minimum absolute atomic E-state index is 0.112. The molecule has 2 aromatic heterocycles. The Morgan fingerprint density at radius 2 is 1.57 bits per heavy atom. The van der Waals surface area contributed by atoms with Crippen LogP contribution in [0.3, 0.4) is 0 Å². The van der Waals surface area contributed by atoms with Crippen LogP contribution < -0.4 is 5.56 Å². The lowest BCUT2D eigenvalue weighted by atomic mass is 10.1. The SMILES string of the molecule is CC(=O)CCCCc1nc2cc(-c3cn(-c4ccc(F)cc4)nn3)ccc2c(=O)n1-c1ccc(F)cc1. The first-order chi connectivity index (χ1) is 17.9. The van der Waals surface area contributed by atoms with E-state index in [-0.39, 0.29) is 17.2 Å². The van der Waals surface area contributed by atoms with Crippen LogP contribution in [0.25, 0.3) is 33.5 Å². The summed E-state index contributed by atoms with van der Waals surface area (Å²) in [6.45, 7) is 1.55. The standard InChI is InChI=1S/C28H23F2N5O2/c1-18(36)4-2-3-5-27-31-25-16-19(26-17-34(33-32-26)22-11-7-20(29)8-12-22)6-15-24(25)28(37)35(27)23-13-9-21(30)10-14-23/h6-17H,2-5H2,1H3. The highest BCUT2D eigenvalue weighted by Gasteiger charge is 2.15. The summed E-state index contributed by atoms with van der Waals surface area (Å²) >= 11 is 0. The van der Waals surface area contributed by atoms with Crippen LogP contribution in [-0.4, -0.2) is 30.3 Å². The van der Waals surface area contributed by atoms with Gasteiger partial charge in [0, 0.05) is 18.4 Å². The van der Waals surface area contributed by atoms with Gasteiger partial charge in [0.1, 0.15) is 28.9 Å². The molecule has 0 aliphatic rings. The number of rotatable bonds is 8. The van der Waals surface area contributed by atoms with E-state index < -0.39 is 5.82 Å². The van der Waals surface area contributed by atoms with E-state index in [1.54, 1.807) is 60.3 Å². The second-order valence-electron chi connectivity index (χ2n) is 8.81. The van der Waals surface area contributed by atoms with Gasteiger partial charge in [0.2, 0.25) is 0 Å². The molecule has 186 valence electrons. The maximum absolute atomic E-state index is 13.6. The number of carbonyl (C=O) groups is 1. The van der Waals surface area contributed by atoms with Crippen molar-refractivity contribution >= 4 is 16.7 Å². The van der Waals surface area contributed by atoms with Gasteiger partial charge in [-0.2, -0.15) is 0 Å². The van der Waals surface area contributed by atoms with E-state index in [1.165, 1.54) is 28.8 Å². The molecule has 7 nitrogen and oxygen atoms in total. The smallest absolute Gasteiger partial charge is 0.265 e. The van der Waals surface area contributed by atoms with Gasteiger partial charge in [-0.05, 0) is 80.4 Å². The maximum Gasteiger partial charge on any atom is 0.265 e. The number of fused-ring (bicyclic) bond motifs is 1. The molecule has 0 amide bonds. The molecule has 0 spiro atoms. The molecule has 0 saturated heterocycles. The molecule has 37 heavy (non-hydrogen) atoms. The molecule has 0 fully saturated rings. The van der Waals surface area contributed by atoms with Crippen molar-refractivity contribution < 1.29 is 13.6 Å². The average Bonchev–Trinajstić information content (AvgIpc) is 3.38. The molecule has 0 atom stereocenters. The van der Waals surface area contributed by atoms with E-state index in [1.807, 2.05) is 0 Å². The number of Topliss-reactive ketones (excluding diaryl/α,β-unsaturated/α-hetero) is 1. The summed E-state index contributed by atoms with van der Waals surface area (Å²) in [6.07, 6.45) is 4.00. The van der Waals surface area contributed by atoms with Gasteiger partial charge in [-0.3, -0.25) is 9.36 Å². The zero-order valence-electron chi connectivity index (χ0n) is 20.1. The molecule has 2 heterocycles. The number of nitrogens with zero attached hydrogens (tertiary/aromatic N) is 5. The van der Waals surface area contributed by atoms with Gasteiger partial charge in [0.25, 0.3) is 5.56 Å². The Hall–Kier alpha value is -4.53. The number of halogens is 2. The molecule has 0 aliphatic carbocycles. The van der Waals surface area contributed by atoms with Gasteiger partial charge in [0.15, 0.2) is 0 Å². The normalized spacial score (nSPS) is 11.2. The molecular weight excluding hydrogens is 476 g/mol. The summed E-state index contributed by atoms with van der Waals surface area (Å²) in [4.78, 5) is 29.7. The van der Waals surface area contributed by atoms with Crippen LogP contribution in [0.4, 0.5) is 8.78 Å². The number of hydrogen-bond donors (Lipinski definition) is 0. The lowest BCUT2D eigenvalue weighted by Gasteiger charge is -2.14. The summed E-state index contributed by atoms with van der Waals surface area (Å²) in [7, 11) is 0. The van der Waals surface area contributed by atoms with Gasteiger partial charge >= 0.3 is 0 Å². The van der Waals surface area contributed by atoms with Crippen LogP contribution in [0.2, 0.25) is 0 Å². The van der Waals surface area contributed by atoms with Crippen molar-refractivity contribution in [2.24, 2.45) is 0 Å². The Bertz CT molecular complexity index is 1640. The third kappa shape index (κ3) is 5.20. The van der Waals surface area contributed by atoms with Gasteiger partial charge in [0.05, 0.1) is 28.5 Å². The maximum atomic E-state index is 13.6. The van der Waals surface area contributed by atoms with Crippen LogP contribution in [0.5, 0.6) is 0 Å². The zero-order valence-corrected chi connectivity index (χ0v) is 20.1. The fourth-order valence-corrected chi connectivity index (χ4v) is 4.19. The quantitative estimate of drug-likeness (QED) is 0.274. The molecule has 9 heteroatoms. The highest BCUT2D eigenvalue weighted by atomic mass is 19.1. The lowest BCUT2D eigenvalue weighted by Crippen LogP contribution is -2.24. The minimum atomic E-state index is -0.396. The number of unbranched alkanes of at least 4 members (excludes halogenated alkanes) is 1. The number of hydrogen-bond acceptors (Lipinski definition) is 5. The molecule has 0 bridgehead atoms. The van der Waals surface area contributed by atoms with Gasteiger partial charge in [-0.1, -0.05) is 11.3 Å². The minimum Gasteiger partial charge on any atom is -0.300 e. The lowest BCUT2D eigenvalue weighted by molar-refractivity contribution is -0.117. The van der Waals surface area contributed by atoms with Crippen molar-refractivity contribution in [1.82, 2.24) is 24.5 Å². The number of aryl methyl sites for hydroxylation is 1. The summed E-state index contributed by atoms with van der Waals surface area (Å²) in [5, 5.41) is 8.77. The molecular formula is C28H23F2N5O2. The van der Waals surface area contributed by atoms with Crippen molar-refractivity contribution in [2.75, 3.05) is 0 Å². The third-order valence-corrected chi connectivity index (χ3v) is 6.08. The molecule has 5 aromatic rings.